The summed E-state index contributed by atoms with van der Waals surface area (Å²) in [6.07, 6.45) is 0. The molecule has 0 aliphatic heterocycles. The molecule has 38 heavy (non-hydrogen) atoms. The van der Waals surface area contributed by atoms with Crippen molar-refractivity contribution >= 4 is 43.6 Å². The molecule has 0 aliphatic rings. The predicted molar refractivity (Wildman–Crippen MR) is 161 cm³/mol. The van der Waals surface area contributed by atoms with Gasteiger partial charge in [-0.1, -0.05) is 97.0 Å². The van der Waals surface area contributed by atoms with Gasteiger partial charge in [-0.05, 0) is 59.6 Å². The first kappa shape index (κ1) is 16.6. The van der Waals surface area contributed by atoms with Gasteiger partial charge >= 0.3 is 0 Å². The molecule has 0 atom stereocenters. The predicted octanol–water partition coefficient (Wildman–Crippen LogP) is 9.55. The van der Waals surface area contributed by atoms with E-state index >= 15 is 0 Å². The van der Waals surface area contributed by atoms with Gasteiger partial charge < -0.3 is 9.13 Å². The Balaban J connectivity index is 1.46. The number of aromatic nitrogens is 2. The second-order valence-corrected chi connectivity index (χ2v) is 9.48. The Morgan fingerprint density at radius 1 is 0.395 bits per heavy atom. The fraction of sp³-hybridized carbons (Fsp3) is 0. The smallest absolute Gasteiger partial charge is 0.0645 e. The molecule has 2 heterocycles. The SMILES string of the molecule is [2H]c1c([2H])c([2H])c(-n2c3ccccc3c3cc4c(cc32)c2ccccc2n4-c2ccc(-c3ccccc3)cc2)c([2H])c1[2H]. The molecule has 0 radical (unpaired) electrons. The van der Waals surface area contributed by atoms with Crippen LogP contribution in [0.25, 0.3) is 66.1 Å². The Morgan fingerprint density at radius 3 is 1.50 bits per heavy atom. The summed E-state index contributed by atoms with van der Waals surface area (Å²) in [7, 11) is 0. The average Bonchev–Trinajstić information content (AvgIpc) is 3.55. The standard InChI is InChI=1S/C36H24N2/c1-3-11-25(12-4-1)26-19-21-28(22-20-26)38-34-18-10-8-16-30(34)32-23-35-31(24-36(32)38)29-15-7-9-17-33(29)37(35)27-13-5-2-6-14-27/h1-24H/i2D,5D,6D,13D,14D. The zero-order chi connectivity index (χ0) is 29.4. The van der Waals surface area contributed by atoms with Crippen molar-refractivity contribution in [1.29, 1.82) is 0 Å². The van der Waals surface area contributed by atoms with Crippen LogP contribution in [-0.2, 0) is 0 Å². The van der Waals surface area contributed by atoms with Crippen molar-refractivity contribution in [3.05, 3.63) is 145 Å². The van der Waals surface area contributed by atoms with Gasteiger partial charge in [0.2, 0.25) is 0 Å². The number of nitrogens with zero attached hydrogens (tertiary/aromatic N) is 2. The van der Waals surface area contributed by atoms with Crippen LogP contribution in [0.1, 0.15) is 6.85 Å². The minimum absolute atomic E-state index is 0.150. The summed E-state index contributed by atoms with van der Waals surface area (Å²) in [5.41, 5.74) is 7.17. The van der Waals surface area contributed by atoms with Crippen molar-refractivity contribution in [3.8, 4) is 22.5 Å². The van der Waals surface area contributed by atoms with Gasteiger partial charge in [-0.15, -0.1) is 0 Å². The molecule has 0 unspecified atom stereocenters. The van der Waals surface area contributed by atoms with Gasteiger partial charge in [0.1, 0.15) is 0 Å². The van der Waals surface area contributed by atoms with Crippen LogP contribution in [0.2, 0.25) is 0 Å². The fourth-order valence-electron chi connectivity index (χ4n) is 5.74. The summed E-state index contributed by atoms with van der Waals surface area (Å²) < 4.78 is 46.4. The highest BCUT2D eigenvalue weighted by atomic mass is 15.0. The van der Waals surface area contributed by atoms with E-state index in [1.165, 1.54) is 5.56 Å². The van der Waals surface area contributed by atoms with E-state index < -0.39 is 6.04 Å². The number of hydrogen-bond acceptors (Lipinski definition) is 0. The first-order valence-electron chi connectivity index (χ1n) is 15.1. The minimum Gasteiger partial charge on any atom is -0.309 e. The van der Waals surface area contributed by atoms with Crippen LogP contribution in [0.15, 0.2) is 145 Å². The average molecular weight is 490 g/mol. The van der Waals surface area contributed by atoms with Crippen LogP contribution in [0.5, 0.6) is 0 Å². The Kier molecular flexibility index (Phi) is 3.60. The first-order valence-corrected chi connectivity index (χ1v) is 12.6. The molecule has 6 aromatic carbocycles. The molecule has 0 bridgehead atoms. The maximum atomic E-state index is 8.75. The van der Waals surface area contributed by atoms with Crippen LogP contribution >= 0.6 is 0 Å². The topological polar surface area (TPSA) is 9.86 Å². The molecular weight excluding hydrogens is 460 g/mol. The highest BCUT2D eigenvalue weighted by Gasteiger charge is 2.18. The van der Waals surface area contributed by atoms with Gasteiger partial charge in [0.15, 0.2) is 0 Å². The molecule has 0 saturated carbocycles. The molecule has 8 aromatic rings. The van der Waals surface area contributed by atoms with Gasteiger partial charge in [-0.2, -0.15) is 0 Å². The third-order valence-corrected chi connectivity index (χ3v) is 7.41. The van der Waals surface area contributed by atoms with E-state index in [1.807, 2.05) is 59.2 Å². The molecule has 0 aliphatic carbocycles. The lowest BCUT2D eigenvalue weighted by Crippen LogP contribution is -1.94. The molecule has 0 N–H and O–H groups in total. The van der Waals surface area contributed by atoms with E-state index in [0.717, 1.165) is 54.9 Å². The Labute approximate surface area is 227 Å². The lowest BCUT2D eigenvalue weighted by molar-refractivity contribution is 1.17. The lowest BCUT2D eigenvalue weighted by atomic mass is 10.1. The Bertz CT molecular complexity index is 2360. The van der Waals surface area contributed by atoms with Crippen LogP contribution < -0.4 is 0 Å². The monoisotopic (exact) mass is 489 g/mol. The van der Waals surface area contributed by atoms with Crippen molar-refractivity contribution in [2.75, 3.05) is 0 Å². The van der Waals surface area contributed by atoms with Crippen LogP contribution in [0.4, 0.5) is 0 Å². The lowest BCUT2D eigenvalue weighted by Gasteiger charge is -2.10. The second kappa shape index (κ2) is 8.22. The number of fused-ring (bicyclic) bond motifs is 6. The largest absolute Gasteiger partial charge is 0.309 e. The first-order chi connectivity index (χ1) is 20.9. The molecule has 2 nitrogen and oxygen atoms in total. The van der Waals surface area contributed by atoms with Crippen molar-refractivity contribution in [3.63, 3.8) is 0 Å². The molecule has 0 fully saturated rings. The Hall–Kier alpha value is -5.08. The van der Waals surface area contributed by atoms with Crippen LogP contribution in [0, 0.1) is 0 Å². The summed E-state index contributed by atoms with van der Waals surface area (Å²) in [4.78, 5) is 0. The maximum Gasteiger partial charge on any atom is 0.0645 e. The molecule has 0 amide bonds. The molecule has 2 heteroatoms. The highest BCUT2D eigenvalue weighted by molar-refractivity contribution is 6.19. The molecule has 8 rings (SSSR count). The normalized spacial score (nSPS) is 13.5. The van der Waals surface area contributed by atoms with Crippen molar-refractivity contribution < 1.29 is 6.85 Å². The van der Waals surface area contributed by atoms with Crippen LogP contribution in [0.3, 0.4) is 0 Å². The summed E-state index contributed by atoms with van der Waals surface area (Å²) in [5, 5.41) is 3.98. The van der Waals surface area contributed by atoms with E-state index in [-0.39, 0.29) is 29.9 Å². The summed E-state index contributed by atoms with van der Waals surface area (Å²) in [6, 6.07) is 37.8. The number of para-hydroxylation sites is 3. The van der Waals surface area contributed by atoms with Gasteiger partial charge in [-0.25, -0.2) is 0 Å². The van der Waals surface area contributed by atoms with E-state index in [1.54, 1.807) is 0 Å². The molecule has 0 saturated heterocycles. The van der Waals surface area contributed by atoms with Crippen molar-refractivity contribution in [1.82, 2.24) is 9.13 Å². The van der Waals surface area contributed by atoms with Gasteiger partial charge in [0, 0.05) is 32.9 Å². The summed E-state index contributed by atoms with van der Waals surface area (Å²) >= 11 is 0. The van der Waals surface area contributed by atoms with Crippen LogP contribution in [-0.4, -0.2) is 9.13 Å². The second-order valence-electron chi connectivity index (χ2n) is 9.48. The number of benzene rings is 6. The number of hydrogen-bond donors (Lipinski definition) is 0. The van der Waals surface area contributed by atoms with E-state index in [4.69, 9.17) is 6.85 Å². The van der Waals surface area contributed by atoms with Crippen molar-refractivity contribution in [2.24, 2.45) is 0 Å². The third kappa shape index (κ3) is 3.07. The summed E-state index contributed by atoms with van der Waals surface area (Å²) in [6.45, 7) is 0. The van der Waals surface area contributed by atoms with E-state index in [9.17, 15) is 0 Å². The molecule has 0 spiro atoms. The zero-order valence-electron chi connectivity index (χ0n) is 25.4. The third-order valence-electron chi connectivity index (χ3n) is 7.41. The molecular formula is C36H24N2. The maximum absolute atomic E-state index is 8.75. The van der Waals surface area contributed by atoms with E-state index in [0.29, 0.717) is 0 Å². The zero-order valence-corrected chi connectivity index (χ0v) is 20.4. The number of rotatable bonds is 3. The molecule has 178 valence electrons. The molecule has 2 aromatic heterocycles. The van der Waals surface area contributed by atoms with Gasteiger partial charge in [-0.3, -0.25) is 0 Å². The van der Waals surface area contributed by atoms with E-state index in [2.05, 4.69) is 65.2 Å². The quantitative estimate of drug-likeness (QED) is 0.234. The van der Waals surface area contributed by atoms with Gasteiger partial charge in [0.05, 0.1) is 28.9 Å². The fourth-order valence-corrected chi connectivity index (χ4v) is 5.74. The van der Waals surface area contributed by atoms with Crippen molar-refractivity contribution in [2.45, 2.75) is 0 Å². The Morgan fingerprint density at radius 2 is 0.895 bits per heavy atom. The van der Waals surface area contributed by atoms with Gasteiger partial charge in [0.25, 0.3) is 0 Å². The highest BCUT2D eigenvalue weighted by Crippen LogP contribution is 2.39. The summed E-state index contributed by atoms with van der Waals surface area (Å²) in [5.74, 6) is 0. The minimum atomic E-state index is -0.400.